The largest absolute Gasteiger partial charge is 0.359 e. The number of nitrogens with one attached hydrogen (secondary N) is 1. The number of aldehydes is 1. The maximum atomic E-state index is 14.0. The molecule has 1 aromatic rings. The number of carbonyl (C=O) groups excluding carboxylic acids is 1. The van der Waals surface area contributed by atoms with Gasteiger partial charge in [0, 0.05) is 30.2 Å². The van der Waals surface area contributed by atoms with Gasteiger partial charge in [0.15, 0.2) is 6.29 Å². The normalized spacial score (nSPS) is 16.5. The topological polar surface area (TPSA) is 32.9 Å². The number of rotatable bonds is 3. The van der Waals surface area contributed by atoms with E-state index >= 15 is 0 Å². The number of aromatic amines is 1. The van der Waals surface area contributed by atoms with Crippen LogP contribution in [-0.4, -0.2) is 11.3 Å². The average molecular weight is 267 g/mol. The fourth-order valence-electron chi connectivity index (χ4n) is 1.91. The Morgan fingerprint density at radius 3 is 2.74 bits per heavy atom. The number of H-pyrrole nitrogens is 1. The molecule has 0 fully saturated rings. The lowest BCUT2D eigenvalue weighted by Gasteiger charge is -2.06. The van der Waals surface area contributed by atoms with E-state index in [-0.39, 0.29) is 24.0 Å². The summed E-state index contributed by atoms with van der Waals surface area (Å²) in [7, 11) is 0. The fraction of sp³-hybridized carbons (Fsp3) is 0.214. The Balaban J connectivity index is 2.35. The molecule has 1 N–H and O–H groups in total. The molecule has 0 unspecified atom stereocenters. The molecule has 0 atom stereocenters. The van der Waals surface area contributed by atoms with E-state index in [4.69, 9.17) is 0 Å². The Morgan fingerprint density at radius 1 is 1.37 bits per heavy atom. The molecule has 0 spiro atoms. The van der Waals surface area contributed by atoms with Crippen LogP contribution in [0.25, 0.3) is 0 Å². The molecule has 0 bridgehead atoms. The highest BCUT2D eigenvalue weighted by Crippen LogP contribution is 2.33. The Hall–Kier alpha value is -2.04. The second-order valence-corrected chi connectivity index (χ2v) is 4.34. The summed E-state index contributed by atoms with van der Waals surface area (Å²) in [5.74, 6) is -2.32. The monoisotopic (exact) mass is 267 g/mol. The summed E-state index contributed by atoms with van der Waals surface area (Å²) in [6, 6.07) is 1.50. The van der Waals surface area contributed by atoms with Gasteiger partial charge in [-0.05, 0) is 24.6 Å². The number of aromatic nitrogens is 1. The summed E-state index contributed by atoms with van der Waals surface area (Å²) >= 11 is 0. The van der Waals surface area contributed by atoms with E-state index in [1.807, 2.05) is 0 Å². The van der Waals surface area contributed by atoms with Crippen molar-refractivity contribution in [1.82, 2.24) is 4.98 Å². The Bertz CT molecular complexity index is 608. The van der Waals surface area contributed by atoms with Gasteiger partial charge in [0.05, 0.1) is 5.69 Å². The molecule has 2 nitrogen and oxygen atoms in total. The lowest BCUT2D eigenvalue weighted by Crippen LogP contribution is -1.95. The van der Waals surface area contributed by atoms with Gasteiger partial charge in [0.1, 0.15) is 17.5 Å². The predicted molar refractivity (Wildman–Crippen MR) is 65.6 cm³/mol. The van der Waals surface area contributed by atoms with Gasteiger partial charge < -0.3 is 4.98 Å². The van der Waals surface area contributed by atoms with Crippen molar-refractivity contribution in [3.8, 4) is 0 Å². The van der Waals surface area contributed by atoms with Gasteiger partial charge in [-0.2, -0.15) is 0 Å². The molecule has 0 aromatic carbocycles. The van der Waals surface area contributed by atoms with Crippen molar-refractivity contribution < 1.29 is 18.0 Å². The molecule has 100 valence electrons. The van der Waals surface area contributed by atoms with Gasteiger partial charge in [-0.25, -0.2) is 13.2 Å². The minimum Gasteiger partial charge on any atom is -0.359 e. The van der Waals surface area contributed by atoms with Crippen molar-refractivity contribution >= 4 is 6.29 Å². The first-order chi connectivity index (χ1) is 9.02. The van der Waals surface area contributed by atoms with Crippen molar-refractivity contribution in [2.75, 3.05) is 0 Å². The van der Waals surface area contributed by atoms with Gasteiger partial charge in [-0.1, -0.05) is 0 Å². The van der Waals surface area contributed by atoms with Crippen molar-refractivity contribution in [3.63, 3.8) is 0 Å². The van der Waals surface area contributed by atoms with E-state index in [1.54, 1.807) is 0 Å². The molecule has 1 heterocycles. The molecular weight excluding hydrogens is 255 g/mol. The van der Waals surface area contributed by atoms with Crippen LogP contribution < -0.4 is 0 Å². The fourth-order valence-corrected chi connectivity index (χ4v) is 1.91. The number of carbonyl (C=O) groups is 1. The second-order valence-electron chi connectivity index (χ2n) is 4.34. The van der Waals surface area contributed by atoms with Gasteiger partial charge in [-0.3, -0.25) is 4.79 Å². The molecule has 0 aliphatic heterocycles. The van der Waals surface area contributed by atoms with Gasteiger partial charge in [0.2, 0.25) is 0 Å². The molecule has 0 saturated carbocycles. The second kappa shape index (κ2) is 5.30. The number of hydrogen-bond acceptors (Lipinski definition) is 1. The molecule has 0 radical (unpaired) electrons. The van der Waals surface area contributed by atoms with Crippen LogP contribution in [0.2, 0.25) is 0 Å². The lowest BCUT2D eigenvalue weighted by molar-refractivity contribution is 0.111. The third kappa shape index (κ3) is 2.70. The Kier molecular flexibility index (Phi) is 3.74. The summed E-state index contributed by atoms with van der Waals surface area (Å²) in [5.41, 5.74) is 0.527. The summed E-state index contributed by atoms with van der Waals surface area (Å²) in [4.78, 5) is 13.2. The van der Waals surface area contributed by atoms with Crippen LogP contribution in [0.15, 0.2) is 47.0 Å². The number of hydrogen-bond donors (Lipinski definition) is 1. The highest BCUT2D eigenvalue weighted by atomic mass is 19.1. The highest BCUT2D eigenvalue weighted by Gasteiger charge is 2.20. The van der Waals surface area contributed by atoms with Crippen molar-refractivity contribution in [3.05, 3.63) is 58.2 Å². The Labute approximate surface area is 108 Å². The predicted octanol–water partition coefficient (Wildman–Crippen LogP) is 4.09. The first kappa shape index (κ1) is 13.4. The molecule has 1 aliphatic carbocycles. The molecule has 1 aromatic heterocycles. The maximum absolute atomic E-state index is 14.0. The molecule has 1 aliphatic rings. The van der Waals surface area contributed by atoms with Crippen LogP contribution in [-0.2, 0) is 6.42 Å². The molecule has 0 saturated heterocycles. The van der Waals surface area contributed by atoms with Crippen LogP contribution in [0.1, 0.15) is 29.4 Å². The van der Waals surface area contributed by atoms with E-state index in [0.29, 0.717) is 17.5 Å². The van der Waals surface area contributed by atoms with Gasteiger partial charge in [-0.15, -0.1) is 0 Å². The lowest BCUT2D eigenvalue weighted by atomic mass is 10.0. The summed E-state index contributed by atoms with van der Waals surface area (Å²) in [6.07, 6.45) is 2.84. The van der Waals surface area contributed by atoms with E-state index in [1.165, 1.54) is 19.2 Å². The van der Waals surface area contributed by atoms with Gasteiger partial charge >= 0.3 is 0 Å². The number of allylic oxidation sites excluding steroid dienone is 6. The molecule has 19 heavy (non-hydrogen) atoms. The SMILES string of the molecule is CC1=C(F)C(Cc2c[nH]c(C=O)c2)=C(F)CC=C1F. The van der Waals surface area contributed by atoms with Crippen LogP contribution in [0.3, 0.4) is 0 Å². The molecular formula is C14H12F3NO. The van der Waals surface area contributed by atoms with Crippen LogP contribution >= 0.6 is 0 Å². The Morgan fingerprint density at radius 2 is 2.11 bits per heavy atom. The quantitative estimate of drug-likeness (QED) is 0.822. The van der Waals surface area contributed by atoms with Crippen LogP contribution in [0.5, 0.6) is 0 Å². The third-order valence-corrected chi connectivity index (χ3v) is 3.01. The maximum Gasteiger partial charge on any atom is 0.166 e. The first-order valence-corrected chi connectivity index (χ1v) is 5.75. The van der Waals surface area contributed by atoms with Crippen LogP contribution in [0.4, 0.5) is 13.2 Å². The zero-order valence-corrected chi connectivity index (χ0v) is 10.3. The van der Waals surface area contributed by atoms with E-state index in [9.17, 15) is 18.0 Å². The average Bonchev–Trinajstić information content (AvgIpc) is 2.84. The van der Waals surface area contributed by atoms with E-state index < -0.39 is 17.5 Å². The molecule has 5 heteroatoms. The molecule has 0 amide bonds. The molecule has 2 rings (SSSR count). The number of halogens is 3. The van der Waals surface area contributed by atoms with Gasteiger partial charge in [0.25, 0.3) is 0 Å². The van der Waals surface area contributed by atoms with E-state index in [0.717, 1.165) is 6.08 Å². The van der Waals surface area contributed by atoms with E-state index in [2.05, 4.69) is 4.98 Å². The summed E-state index contributed by atoms with van der Waals surface area (Å²) in [5, 5.41) is 0. The highest BCUT2D eigenvalue weighted by molar-refractivity contribution is 5.72. The zero-order valence-electron chi connectivity index (χ0n) is 10.3. The summed E-state index contributed by atoms with van der Waals surface area (Å²) < 4.78 is 41.1. The van der Waals surface area contributed by atoms with Crippen molar-refractivity contribution in [1.29, 1.82) is 0 Å². The van der Waals surface area contributed by atoms with Crippen LogP contribution in [0, 0.1) is 0 Å². The first-order valence-electron chi connectivity index (χ1n) is 5.75. The minimum atomic E-state index is -0.877. The van der Waals surface area contributed by atoms with Crippen molar-refractivity contribution in [2.24, 2.45) is 0 Å². The van der Waals surface area contributed by atoms with Crippen molar-refractivity contribution in [2.45, 2.75) is 19.8 Å². The minimum absolute atomic E-state index is 0.0273. The third-order valence-electron chi connectivity index (χ3n) is 3.01. The smallest absolute Gasteiger partial charge is 0.166 e. The summed E-state index contributed by atoms with van der Waals surface area (Å²) in [6.45, 7) is 1.27. The zero-order chi connectivity index (χ0) is 14.0. The standard InChI is InChI=1S/C14H12F3NO/c1-8-12(15)2-3-13(16)11(14(8)17)5-9-4-10(7-19)18-6-9/h2,4,6-7,18H,3,5H2,1H3.